The van der Waals surface area contributed by atoms with Crippen LogP contribution in [0.5, 0.6) is 0 Å². The summed E-state index contributed by atoms with van der Waals surface area (Å²) in [6.07, 6.45) is 0. The molecular weight excluding hydrogens is 393 g/mol. The molecule has 0 bridgehead atoms. The number of hydrogen-bond donors (Lipinski definition) is 0. The molecule has 3 aliphatic rings. The average molecular weight is 408 g/mol. The second-order valence-corrected chi connectivity index (χ2v) is 7.71. The summed E-state index contributed by atoms with van der Waals surface area (Å²) in [5.41, 5.74) is 1.29. The van der Waals surface area contributed by atoms with Crippen molar-refractivity contribution >= 4 is 33.4 Å². The molecule has 2 unspecified atom stereocenters. The van der Waals surface area contributed by atoms with Gasteiger partial charge in [0.2, 0.25) is 0 Å². The van der Waals surface area contributed by atoms with Crippen LogP contribution in [0, 0.1) is 11.7 Å². The van der Waals surface area contributed by atoms with Crippen molar-refractivity contribution in [1.29, 1.82) is 0 Å². The molecule has 3 aliphatic heterocycles. The fourth-order valence-electron chi connectivity index (χ4n) is 3.70. The van der Waals surface area contributed by atoms with E-state index < -0.39 is 29.2 Å². The maximum absolute atomic E-state index is 13.7. The summed E-state index contributed by atoms with van der Waals surface area (Å²) in [5, 5.41) is 0. The van der Waals surface area contributed by atoms with Crippen LogP contribution in [-0.4, -0.2) is 36.3 Å². The number of Topliss-reactive ketones (excluding diaryl/α,β-unsaturated/α-hetero) is 1. The van der Waals surface area contributed by atoms with E-state index in [1.54, 1.807) is 26.0 Å². The maximum atomic E-state index is 13.7. The second kappa shape index (κ2) is 5.57. The minimum Gasteiger partial charge on any atom is -0.450 e. The highest BCUT2D eigenvalue weighted by Gasteiger charge is 2.52. The van der Waals surface area contributed by atoms with Gasteiger partial charge in [-0.2, -0.15) is 0 Å². The number of nitrogens with zero attached hydrogens (tertiary/aromatic N) is 1. The Balaban J connectivity index is 1.94. The normalized spacial score (nSPS) is 27.6. The molecule has 0 aliphatic carbocycles. The lowest BCUT2D eigenvalue weighted by atomic mass is 9.72. The van der Waals surface area contributed by atoms with Gasteiger partial charge in [0.15, 0.2) is 5.78 Å². The zero-order chi connectivity index (χ0) is 17.9. The first kappa shape index (κ1) is 16.6. The molecule has 0 aromatic heterocycles. The van der Waals surface area contributed by atoms with E-state index in [1.165, 1.54) is 6.07 Å². The molecule has 1 saturated heterocycles. The van der Waals surface area contributed by atoms with Gasteiger partial charge in [-0.25, -0.2) is 9.18 Å². The van der Waals surface area contributed by atoms with Crippen molar-refractivity contribution in [3.8, 4) is 0 Å². The molecule has 25 heavy (non-hydrogen) atoms. The van der Waals surface area contributed by atoms with Crippen LogP contribution in [0.4, 0.5) is 4.39 Å². The van der Waals surface area contributed by atoms with E-state index in [0.29, 0.717) is 22.5 Å². The summed E-state index contributed by atoms with van der Waals surface area (Å²) in [7, 11) is 0. The minimum absolute atomic E-state index is 0.0242. The van der Waals surface area contributed by atoms with Gasteiger partial charge >= 0.3 is 5.97 Å². The van der Waals surface area contributed by atoms with Crippen LogP contribution in [-0.2, 0) is 19.1 Å². The third-order valence-electron chi connectivity index (χ3n) is 4.80. The molecule has 130 valence electrons. The molecule has 3 heterocycles. The number of fused-ring (bicyclic) bond motifs is 1. The Morgan fingerprint density at radius 2 is 2.00 bits per heavy atom. The number of benzene rings is 1. The Hall–Kier alpha value is -1.86. The number of carbonyl (C=O) groups excluding carboxylic acids is 2. The number of aliphatic imine (C=N–C) groups is 1. The lowest BCUT2D eigenvalue weighted by Crippen LogP contribution is -2.43. The predicted octanol–water partition coefficient (Wildman–Crippen LogP) is 2.93. The van der Waals surface area contributed by atoms with Crippen LogP contribution < -0.4 is 0 Å². The second-order valence-electron chi connectivity index (χ2n) is 6.85. The number of rotatable bonds is 1. The molecule has 1 aromatic carbocycles. The van der Waals surface area contributed by atoms with E-state index in [4.69, 9.17) is 9.47 Å². The van der Waals surface area contributed by atoms with Gasteiger partial charge in [-0.1, -0.05) is 6.07 Å². The van der Waals surface area contributed by atoms with E-state index in [0.717, 1.165) is 0 Å². The molecule has 5 nitrogen and oxygen atoms in total. The molecule has 0 radical (unpaired) electrons. The first-order chi connectivity index (χ1) is 11.8. The van der Waals surface area contributed by atoms with Crippen molar-refractivity contribution in [3.63, 3.8) is 0 Å². The topological polar surface area (TPSA) is 65.0 Å². The van der Waals surface area contributed by atoms with Crippen molar-refractivity contribution in [2.75, 3.05) is 13.2 Å². The highest BCUT2D eigenvalue weighted by atomic mass is 79.9. The SMILES string of the molecule is CC1(C)OC(=O)C2=C1N=C1COCC(=O)C1C2c1ccc(F)c(Br)c1. The molecule has 0 saturated carbocycles. The van der Waals surface area contributed by atoms with Crippen molar-refractivity contribution < 1.29 is 23.5 Å². The van der Waals surface area contributed by atoms with Crippen LogP contribution in [0.3, 0.4) is 0 Å². The van der Waals surface area contributed by atoms with Crippen molar-refractivity contribution in [3.05, 3.63) is 45.3 Å². The van der Waals surface area contributed by atoms with Gasteiger partial charge in [0, 0.05) is 5.92 Å². The number of ether oxygens (including phenoxy) is 2. The molecule has 4 rings (SSSR count). The quantitative estimate of drug-likeness (QED) is 0.671. The van der Waals surface area contributed by atoms with Gasteiger partial charge in [0.1, 0.15) is 18.0 Å². The lowest BCUT2D eigenvalue weighted by Gasteiger charge is -2.34. The van der Waals surface area contributed by atoms with Crippen LogP contribution in [0.2, 0.25) is 0 Å². The van der Waals surface area contributed by atoms with E-state index >= 15 is 0 Å². The Bertz CT molecular complexity index is 874. The van der Waals surface area contributed by atoms with Gasteiger partial charge in [0.05, 0.1) is 34.0 Å². The molecule has 7 heteroatoms. The lowest BCUT2D eigenvalue weighted by molar-refractivity contribution is -0.144. The Labute approximate surface area is 152 Å². The standard InChI is InChI=1S/C18H15BrFNO4/c1-18(2)16-15(17(23)25-18)13(8-3-4-10(20)9(19)5-8)14-11(21-16)6-24-7-12(14)22/h3-5,13-14H,6-7H2,1-2H3. The first-order valence-corrected chi connectivity index (χ1v) is 8.70. The Morgan fingerprint density at radius 1 is 1.24 bits per heavy atom. The number of cyclic esters (lactones) is 1. The van der Waals surface area contributed by atoms with Crippen molar-refractivity contribution in [2.45, 2.75) is 25.4 Å². The third kappa shape index (κ3) is 2.48. The summed E-state index contributed by atoms with van der Waals surface area (Å²) in [5.74, 6) is -2.17. The number of halogens is 2. The minimum atomic E-state index is -0.875. The monoisotopic (exact) mass is 407 g/mol. The van der Waals surface area contributed by atoms with E-state index in [2.05, 4.69) is 20.9 Å². The number of esters is 1. The summed E-state index contributed by atoms with van der Waals surface area (Å²) < 4.78 is 24.8. The molecule has 0 N–H and O–H groups in total. The molecule has 0 amide bonds. The van der Waals surface area contributed by atoms with Gasteiger partial charge in [0.25, 0.3) is 0 Å². The zero-order valence-corrected chi connectivity index (χ0v) is 15.2. The fourth-order valence-corrected chi connectivity index (χ4v) is 4.10. The van der Waals surface area contributed by atoms with Crippen LogP contribution in [0.15, 0.2) is 38.9 Å². The maximum Gasteiger partial charge on any atom is 0.337 e. The third-order valence-corrected chi connectivity index (χ3v) is 5.40. The van der Waals surface area contributed by atoms with Gasteiger partial charge in [-0.3, -0.25) is 9.79 Å². The van der Waals surface area contributed by atoms with Crippen LogP contribution in [0.25, 0.3) is 0 Å². The summed E-state index contributed by atoms with van der Waals surface area (Å²) in [4.78, 5) is 29.7. The fraction of sp³-hybridized carbons (Fsp3) is 0.389. The Kier molecular flexibility index (Phi) is 3.70. The van der Waals surface area contributed by atoms with E-state index in [-0.39, 0.29) is 23.5 Å². The number of carbonyl (C=O) groups is 2. The smallest absolute Gasteiger partial charge is 0.337 e. The predicted molar refractivity (Wildman–Crippen MR) is 90.8 cm³/mol. The molecule has 2 atom stereocenters. The van der Waals surface area contributed by atoms with Crippen molar-refractivity contribution in [2.24, 2.45) is 10.9 Å². The van der Waals surface area contributed by atoms with E-state index in [9.17, 15) is 14.0 Å². The van der Waals surface area contributed by atoms with Gasteiger partial charge < -0.3 is 9.47 Å². The Morgan fingerprint density at radius 3 is 2.72 bits per heavy atom. The van der Waals surface area contributed by atoms with E-state index in [1.807, 2.05) is 0 Å². The highest BCUT2D eigenvalue weighted by Crippen LogP contribution is 2.48. The molecular formula is C18H15BrFNO4. The first-order valence-electron chi connectivity index (χ1n) is 7.90. The summed E-state index contributed by atoms with van der Waals surface area (Å²) >= 11 is 3.18. The summed E-state index contributed by atoms with van der Waals surface area (Å²) in [6.45, 7) is 3.74. The molecule has 1 fully saturated rings. The van der Waals surface area contributed by atoms with Crippen LogP contribution >= 0.6 is 15.9 Å². The number of hydrogen-bond acceptors (Lipinski definition) is 5. The molecule has 1 aromatic rings. The van der Waals surface area contributed by atoms with Crippen LogP contribution in [0.1, 0.15) is 25.3 Å². The summed E-state index contributed by atoms with van der Waals surface area (Å²) in [6, 6.07) is 4.52. The van der Waals surface area contributed by atoms with Gasteiger partial charge in [-0.15, -0.1) is 0 Å². The highest BCUT2D eigenvalue weighted by molar-refractivity contribution is 9.10. The zero-order valence-electron chi connectivity index (χ0n) is 13.6. The average Bonchev–Trinajstić information content (AvgIpc) is 2.78. The molecule has 0 spiro atoms. The largest absolute Gasteiger partial charge is 0.450 e. The van der Waals surface area contributed by atoms with Gasteiger partial charge in [-0.05, 0) is 47.5 Å². The number of ketones is 1. The van der Waals surface area contributed by atoms with Crippen molar-refractivity contribution in [1.82, 2.24) is 0 Å².